The van der Waals surface area contributed by atoms with Crippen molar-refractivity contribution in [3.05, 3.63) is 94.5 Å². The summed E-state index contributed by atoms with van der Waals surface area (Å²) in [5.74, 6) is 0.867. The number of benzene rings is 4. The van der Waals surface area contributed by atoms with Crippen molar-refractivity contribution in [1.29, 1.82) is 0 Å². The van der Waals surface area contributed by atoms with E-state index < -0.39 is 11.9 Å². The van der Waals surface area contributed by atoms with Crippen LogP contribution in [0.5, 0.6) is 23.0 Å². The van der Waals surface area contributed by atoms with Gasteiger partial charge in [0.25, 0.3) is 5.91 Å². The predicted molar refractivity (Wildman–Crippen MR) is 148 cm³/mol. The number of amides is 1. The Hall–Kier alpha value is -4.37. The number of ether oxygens (including phenoxy) is 4. The third-order valence-corrected chi connectivity index (χ3v) is 6.20. The van der Waals surface area contributed by atoms with E-state index >= 15 is 0 Å². The van der Waals surface area contributed by atoms with Gasteiger partial charge in [0.2, 0.25) is 0 Å². The number of esters is 1. The predicted octanol–water partition coefficient (Wildman–Crippen LogP) is 5.76. The minimum atomic E-state index is -0.530. The summed E-state index contributed by atoms with van der Waals surface area (Å²) in [5, 5.41) is 6.03. The number of carbonyl (C=O) groups is 2. The molecule has 38 heavy (non-hydrogen) atoms. The van der Waals surface area contributed by atoms with Crippen LogP contribution in [0, 0.1) is 0 Å². The summed E-state index contributed by atoms with van der Waals surface area (Å²) in [7, 11) is 1.47. The first-order valence-corrected chi connectivity index (χ1v) is 12.5. The molecule has 0 aliphatic rings. The lowest BCUT2D eigenvalue weighted by atomic mass is 10.1. The summed E-state index contributed by atoms with van der Waals surface area (Å²) in [5.41, 5.74) is 3.43. The lowest BCUT2D eigenvalue weighted by Crippen LogP contribution is -2.24. The van der Waals surface area contributed by atoms with E-state index in [9.17, 15) is 9.59 Å². The lowest BCUT2D eigenvalue weighted by Gasteiger charge is -2.10. The number of fused-ring (bicyclic) bond motifs is 1. The zero-order valence-corrected chi connectivity index (χ0v) is 22.4. The summed E-state index contributed by atoms with van der Waals surface area (Å²) in [6, 6.07) is 23.2. The van der Waals surface area contributed by atoms with Crippen LogP contribution in [0.25, 0.3) is 10.8 Å². The van der Waals surface area contributed by atoms with E-state index in [1.807, 2.05) is 37.3 Å². The molecule has 8 nitrogen and oxygen atoms in total. The Morgan fingerprint density at radius 3 is 2.45 bits per heavy atom. The summed E-state index contributed by atoms with van der Waals surface area (Å²) < 4.78 is 22.7. The molecule has 0 heterocycles. The van der Waals surface area contributed by atoms with Crippen molar-refractivity contribution in [1.82, 2.24) is 5.43 Å². The number of halogens is 1. The van der Waals surface area contributed by atoms with Crippen LogP contribution in [-0.2, 0) is 4.79 Å². The normalized spacial score (nSPS) is 10.8. The fourth-order valence-electron chi connectivity index (χ4n) is 3.54. The van der Waals surface area contributed by atoms with Crippen LogP contribution in [0.15, 0.2) is 88.4 Å². The van der Waals surface area contributed by atoms with Gasteiger partial charge in [-0.05, 0) is 87.7 Å². The molecule has 0 aromatic heterocycles. The first-order valence-electron chi connectivity index (χ1n) is 11.7. The van der Waals surface area contributed by atoms with E-state index in [-0.39, 0.29) is 12.4 Å². The maximum Gasteiger partial charge on any atom is 0.343 e. The summed E-state index contributed by atoms with van der Waals surface area (Å²) in [6.45, 7) is 2.22. The first kappa shape index (κ1) is 26.7. The van der Waals surface area contributed by atoms with E-state index in [0.29, 0.717) is 35.0 Å². The lowest BCUT2D eigenvalue weighted by molar-refractivity contribution is -0.123. The topological polar surface area (TPSA) is 95.5 Å². The van der Waals surface area contributed by atoms with Crippen molar-refractivity contribution in [3.63, 3.8) is 0 Å². The molecular weight excluding hydrogens is 552 g/mol. The molecule has 4 aromatic carbocycles. The molecule has 0 saturated heterocycles. The number of nitrogens with zero attached hydrogens (tertiary/aromatic N) is 1. The molecule has 1 amide bonds. The number of hydrogen-bond acceptors (Lipinski definition) is 7. The van der Waals surface area contributed by atoms with Crippen LogP contribution in [0.4, 0.5) is 0 Å². The van der Waals surface area contributed by atoms with Crippen molar-refractivity contribution >= 4 is 44.8 Å². The van der Waals surface area contributed by atoms with E-state index in [2.05, 4.69) is 26.5 Å². The van der Waals surface area contributed by atoms with Crippen molar-refractivity contribution in [2.75, 3.05) is 20.3 Å². The molecular formula is C29H25BrN2O6. The molecule has 0 unspecified atom stereocenters. The van der Waals surface area contributed by atoms with Gasteiger partial charge in [-0.1, -0.05) is 30.3 Å². The Balaban J connectivity index is 1.32. The molecule has 0 atom stereocenters. The highest BCUT2D eigenvalue weighted by Gasteiger charge is 2.13. The molecule has 0 radical (unpaired) electrons. The molecule has 1 N–H and O–H groups in total. The van der Waals surface area contributed by atoms with Crippen molar-refractivity contribution in [2.24, 2.45) is 5.10 Å². The third-order valence-electron chi connectivity index (χ3n) is 5.38. The van der Waals surface area contributed by atoms with Crippen LogP contribution in [0.1, 0.15) is 22.8 Å². The molecule has 9 heteroatoms. The monoisotopic (exact) mass is 576 g/mol. The highest BCUT2D eigenvalue weighted by Crippen LogP contribution is 2.33. The van der Waals surface area contributed by atoms with Gasteiger partial charge >= 0.3 is 5.97 Å². The highest BCUT2D eigenvalue weighted by atomic mass is 79.9. The summed E-state index contributed by atoms with van der Waals surface area (Å²) >= 11 is 3.54. The molecule has 4 aromatic rings. The Labute approximate surface area is 228 Å². The molecule has 0 aliphatic heterocycles. The summed E-state index contributed by atoms with van der Waals surface area (Å²) in [6.07, 6.45) is 1.45. The van der Waals surface area contributed by atoms with Gasteiger partial charge in [0.05, 0.1) is 30.0 Å². The standard InChI is InChI=1S/C29H25BrN2O6/c1-3-36-22-12-9-21(10-13-22)29(34)38-24-14-8-19(16-26(24)35-2)17-31-32-27(33)18-37-25-15-11-20-6-4-5-7-23(20)28(25)30/h4-17H,3,18H2,1-2H3,(H,32,33)/b31-17+. The second kappa shape index (κ2) is 12.7. The quantitative estimate of drug-likeness (QED) is 0.112. The molecule has 0 saturated carbocycles. The van der Waals surface area contributed by atoms with E-state index in [1.165, 1.54) is 13.3 Å². The van der Waals surface area contributed by atoms with E-state index in [4.69, 9.17) is 18.9 Å². The van der Waals surface area contributed by atoms with E-state index in [0.717, 1.165) is 15.2 Å². The highest BCUT2D eigenvalue weighted by molar-refractivity contribution is 9.10. The van der Waals surface area contributed by atoms with E-state index in [1.54, 1.807) is 48.5 Å². The Morgan fingerprint density at radius 2 is 1.68 bits per heavy atom. The molecule has 0 fully saturated rings. The van der Waals surface area contributed by atoms with Gasteiger partial charge in [0.1, 0.15) is 11.5 Å². The minimum absolute atomic E-state index is 0.210. The molecule has 4 rings (SSSR count). The molecule has 194 valence electrons. The number of nitrogens with one attached hydrogen (secondary N) is 1. The largest absolute Gasteiger partial charge is 0.494 e. The van der Waals surface area contributed by atoms with Crippen LogP contribution in [-0.4, -0.2) is 38.4 Å². The van der Waals surface area contributed by atoms with Gasteiger partial charge in [-0.15, -0.1) is 0 Å². The van der Waals surface area contributed by atoms with Gasteiger partial charge in [0.15, 0.2) is 18.1 Å². The number of rotatable bonds is 10. The fraction of sp³-hybridized carbons (Fsp3) is 0.138. The zero-order chi connectivity index (χ0) is 26.9. The average molecular weight is 577 g/mol. The van der Waals surface area contributed by atoms with Crippen LogP contribution in [0.3, 0.4) is 0 Å². The third kappa shape index (κ3) is 6.68. The molecule has 0 bridgehead atoms. The Morgan fingerprint density at radius 1 is 0.921 bits per heavy atom. The molecule has 0 aliphatic carbocycles. The van der Waals surface area contributed by atoms with Crippen molar-refractivity contribution < 1.29 is 28.5 Å². The van der Waals surface area contributed by atoms with Gasteiger partial charge < -0.3 is 18.9 Å². The zero-order valence-electron chi connectivity index (χ0n) is 20.8. The van der Waals surface area contributed by atoms with Gasteiger partial charge in [-0.3, -0.25) is 4.79 Å². The Kier molecular flexibility index (Phi) is 8.94. The maximum atomic E-state index is 12.5. The van der Waals surface area contributed by atoms with Crippen LogP contribution in [0.2, 0.25) is 0 Å². The molecule has 0 spiro atoms. The van der Waals surface area contributed by atoms with Crippen LogP contribution >= 0.6 is 15.9 Å². The smallest absolute Gasteiger partial charge is 0.343 e. The number of hydrazone groups is 1. The van der Waals surface area contributed by atoms with Crippen LogP contribution < -0.4 is 24.4 Å². The average Bonchev–Trinajstić information content (AvgIpc) is 2.94. The second-order valence-corrected chi connectivity index (χ2v) is 8.73. The number of methoxy groups -OCH3 is 1. The fourth-order valence-corrected chi connectivity index (χ4v) is 4.15. The Bertz CT molecular complexity index is 1470. The first-order chi connectivity index (χ1) is 18.5. The van der Waals surface area contributed by atoms with Gasteiger partial charge in [0, 0.05) is 0 Å². The second-order valence-electron chi connectivity index (χ2n) is 7.94. The number of carbonyl (C=O) groups excluding carboxylic acids is 2. The number of hydrogen-bond donors (Lipinski definition) is 1. The van der Waals surface area contributed by atoms with Gasteiger partial charge in [-0.2, -0.15) is 5.10 Å². The van der Waals surface area contributed by atoms with Crippen molar-refractivity contribution in [2.45, 2.75) is 6.92 Å². The van der Waals surface area contributed by atoms with Gasteiger partial charge in [-0.25, -0.2) is 10.2 Å². The minimum Gasteiger partial charge on any atom is -0.494 e. The van der Waals surface area contributed by atoms with Crippen molar-refractivity contribution in [3.8, 4) is 23.0 Å². The maximum absolute atomic E-state index is 12.5. The SMILES string of the molecule is CCOc1ccc(C(=O)Oc2ccc(/C=N/NC(=O)COc3ccc4ccccc4c3Br)cc2OC)cc1. The summed E-state index contributed by atoms with van der Waals surface area (Å²) in [4.78, 5) is 24.7.